The predicted molar refractivity (Wildman–Crippen MR) is 87.1 cm³/mol. The molecule has 0 saturated heterocycles. The molecule has 6 nitrogen and oxygen atoms in total. The first kappa shape index (κ1) is 21.4. The molecule has 1 N–H and O–H groups in total. The Hall–Kier alpha value is -1.57. The number of aliphatic carboxylic acids is 1. The molecular weight excluding hydrogens is 407 g/mol. The number of methoxy groups -OCH3 is 1. The predicted octanol–water partition coefficient (Wildman–Crippen LogP) is 1.93. The van der Waals surface area contributed by atoms with Crippen LogP contribution >= 0.6 is 0 Å². The van der Waals surface area contributed by atoms with Crippen LogP contribution in [0.2, 0.25) is 0 Å². The summed E-state index contributed by atoms with van der Waals surface area (Å²) in [5.41, 5.74) is 0. The van der Waals surface area contributed by atoms with Crippen molar-refractivity contribution in [2.24, 2.45) is 0 Å². The molecule has 2 radical (unpaired) electrons. The molecule has 0 heterocycles. The van der Waals surface area contributed by atoms with Crippen LogP contribution in [-0.4, -0.2) is 52.8 Å². The van der Waals surface area contributed by atoms with Crippen molar-refractivity contribution >= 4 is 44.2 Å². The fraction of sp³-hybridized carbons (Fsp3) is 0.438. The Bertz CT molecular complexity index is 475. The first-order chi connectivity index (χ1) is 11.0. The first-order valence-corrected chi connectivity index (χ1v) is 8.91. The zero-order chi connectivity index (χ0) is 17.5. The second-order valence-electron chi connectivity index (χ2n) is 4.65. The van der Waals surface area contributed by atoms with Gasteiger partial charge in [-0.2, -0.15) is 0 Å². The molecule has 1 aromatic carbocycles. The van der Waals surface area contributed by atoms with Gasteiger partial charge in [-0.3, -0.25) is 9.59 Å². The maximum atomic E-state index is 10.9. The number of rotatable bonds is 7. The Morgan fingerprint density at radius 1 is 1.00 bits per heavy atom. The summed E-state index contributed by atoms with van der Waals surface area (Å²) in [4.78, 5) is 31.6. The standard InChI is InChI=1S/C10H16O6.C6H5.Sn.H/c1-15-10(14)16-9(13)7-5-3-2-4-6-8(11)12;1-2-4-6-5-3-1;;/h2-7H2,1H3,(H,11,12);1-5H;;. The molecule has 0 aliphatic heterocycles. The van der Waals surface area contributed by atoms with Crippen LogP contribution in [0.1, 0.15) is 38.5 Å². The number of carboxylic acids is 1. The Morgan fingerprint density at radius 2 is 1.57 bits per heavy atom. The van der Waals surface area contributed by atoms with Crippen LogP contribution in [0.25, 0.3) is 0 Å². The monoisotopic (exact) mass is 430 g/mol. The molecule has 0 aliphatic carbocycles. The van der Waals surface area contributed by atoms with Crippen LogP contribution < -0.4 is 3.58 Å². The minimum atomic E-state index is -1.00. The van der Waals surface area contributed by atoms with Crippen LogP contribution in [0.4, 0.5) is 4.79 Å². The van der Waals surface area contributed by atoms with Gasteiger partial charge >= 0.3 is 74.5 Å². The van der Waals surface area contributed by atoms with Gasteiger partial charge < -0.3 is 14.6 Å². The number of hydrogen-bond donors (Lipinski definition) is 1. The van der Waals surface area contributed by atoms with E-state index in [2.05, 4.69) is 33.7 Å². The van der Waals surface area contributed by atoms with Crippen molar-refractivity contribution in [1.29, 1.82) is 0 Å². The van der Waals surface area contributed by atoms with E-state index < -0.39 is 18.1 Å². The molecule has 0 saturated carbocycles. The average molecular weight is 429 g/mol. The summed E-state index contributed by atoms with van der Waals surface area (Å²) in [6, 6.07) is 10.5. The third kappa shape index (κ3) is 15.1. The van der Waals surface area contributed by atoms with Crippen LogP contribution in [0, 0.1) is 0 Å². The molecule has 0 spiro atoms. The number of carbonyl (C=O) groups is 3. The summed E-state index contributed by atoms with van der Waals surface area (Å²) in [7, 11) is 1.13. The fourth-order valence-electron chi connectivity index (χ4n) is 1.54. The Morgan fingerprint density at radius 3 is 2.00 bits per heavy atom. The Balaban J connectivity index is 0.000000568. The van der Waals surface area contributed by atoms with Gasteiger partial charge in [-0.05, 0) is 12.8 Å². The van der Waals surface area contributed by atoms with Gasteiger partial charge in [0.05, 0.1) is 7.11 Å². The van der Waals surface area contributed by atoms with Crippen molar-refractivity contribution in [3.05, 3.63) is 30.3 Å². The van der Waals surface area contributed by atoms with Crippen molar-refractivity contribution in [3.63, 3.8) is 0 Å². The van der Waals surface area contributed by atoms with E-state index in [0.717, 1.165) is 20.0 Å². The summed E-state index contributed by atoms with van der Waals surface area (Å²) >= 11 is 1.23. The number of esters is 1. The maximum absolute atomic E-state index is 10.9. The van der Waals surface area contributed by atoms with E-state index in [1.54, 1.807) is 0 Å². The zero-order valence-corrected chi connectivity index (χ0v) is 16.5. The van der Waals surface area contributed by atoms with Gasteiger partial charge in [0, 0.05) is 12.8 Å². The fourth-order valence-corrected chi connectivity index (χ4v) is 2.17. The molecule has 23 heavy (non-hydrogen) atoms. The van der Waals surface area contributed by atoms with Crippen molar-refractivity contribution in [2.75, 3.05) is 7.11 Å². The van der Waals surface area contributed by atoms with E-state index in [0.29, 0.717) is 12.8 Å². The molecule has 0 amide bonds. The van der Waals surface area contributed by atoms with Gasteiger partial charge in [-0.1, -0.05) is 12.8 Å². The summed E-state index contributed by atoms with van der Waals surface area (Å²) in [6.07, 6.45) is 1.95. The van der Waals surface area contributed by atoms with E-state index in [1.165, 1.54) is 26.1 Å². The summed E-state index contributed by atoms with van der Waals surface area (Å²) in [5, 5.41) is 8.36. The third-order valence-electron chi connectivity index (χ3n) is 2.68. The van der Waals surface area contributed by atoms with E-state index in [9.17, 15) is 14.4 Å². The quantitative estimate of drug-likeness (QED) is 0.309. The average Bonchev–Trinajstić information content (AvgIpc) is 2.51. The molecule has 1 aromatic rings. The van der Waals surface area contributed by atoms with Crippen molar-refractivity contribution in [3.8, 4) is 0 Å². The third-order valence-corrected chi connectivity index (χ3v) is 3.78. The van der Waals surface area contributed by atoms with Crippen molar-refractivity contribution in [2.45, 2.75) is 38.5 Å². The number of benzene rings is 1. The minimum absolute atomic E-state index is 0.141. The van der Waals surface area contributed by atoms with E-state index in [1.807, 2.05) is 6.07 Å². The SMILES string of the molecule is COC(=O)OC(=O)CCCCCCC(=O)O.[SnH][c]1ccccc1. The van der Waals surface area contributed by atoms with Gasteiger partial charge in [0.15, 0.2) is 0 Å². The molecule has 126 valence electrons. The summed E-state index contributed by atoms with van der Waals surface area (Å²) < 4.78 is 9.85. The zero-order valence-electron chi connectivity index (χ0n) is 13.2. The number of hydrogen-bond acceptors (Lipinski definition) is 5. The molecule has 0 fully saturated rings. The second-order valence-corrected chi connectivity index (χ2v) is 6.55. The number of ether oxygens (including phenoxy) is 2. The first-order valence-electron chi connectivity index (χ1n) is 7.26. The second kappa shape index (κ2) is 14.0. The van der Waals surface area contributed by atoms with Crippen molar-refractivity contribution < 1.29 is 29.0 Å². The molecule has 7 heteroatoms. The Labute approximate surface area is 149 Å². The van der Waals surface area contributed by atoms with Gasteiger partial charge in [-0.25, -0.2) is 4.79 Å². The van der Waals surface area contributed by atoms with E-state index >= 15 is 0 Å². The van der Waals surface area contributed by atoms with Gasteiger partial charge in [0.25, 0.3) is 0 Å². The summed E-state index contributed by atoms with van der Waals surface area (Å²) in [6.45, 7) is 0. The van der Waals surface area contributed by atoms with Crippen LogP contribution in [-0.2, 0) is 19.1 Å². The molecular formula is C16H22O6Sn. The number of carbonyl (C=O) groups excluding carboxylic acids is 2. The summed E-state index contributed by atoms with van der Waals surface area (Å²) in [5.74, 6) is -1.44. The molecule has 0 aliphatic rings. The number of carboxylic acid groups (broad SMARTS) is 1. The topological polar surface area (TPSA) is 89.9 Å². The van der Waals surface area contributed by atoms with Gasteiger partial charge in [0.1, 0.15) is 0 Å². The molecule has 0 aromatic heterocycles. The molecule has 0 atom stereocenters. The molecule has 0 bridgehead atoms. The van der Waals surface area contributed by atoms with Gasteiger partial charge in [-0.15, -0.1) is 0 Å². The normalized spacial score (nSPS) is 9.30. The van der Waals surface area contributed by atoms with Crippen LogP contribution in [0.15, 0.2) is 30.3 Å². The molecule has 1 rings (SSSR count). The van der Waals surface area contributed by atoms with Gasteiger partial charge in [0.2, 0.25) is 0 Å². The van der Waals surface area contributed by atoms with E-state index in [-0.39, 0.29) is 12.8 Å². The number of unbranched alkanes of at least 4 members (excludes halogenated alkanes) is 3. The van der Waals surface area contributed by atoms with Crippen molar-refractivity contribution in [1.82, 2.24) is 0 Å². The van der Waals surface area contributed by atoms with Crippen LogP contribution in [0.3, 0.4) is 0 Å². The molecule has 0 unspecified atom stereocenters. The Kier molecular flexibility index (Phi) is 13.1. The van der Waals surface area contributed by atoms with Crippen LogP contribution in [0.5, 0.6) is 0 Å². The van der Waals surface area contributed by atoms with E-state index in [4.69, 9.17) is 5.11 Å².